The number of hydrogen-bond acceptors (Lipinski definition) is 4. The van der Waals surface area contributed by atoms with Crippen molar-refractivity contribution in [2.75, 3.05) is 26.7 Å². The number of hydrogen-bond donors (Lipinski definition) is 3. The predicted molar refractivity (Wildman–Crippen MR) is 102 cm³/mol. The van der Waals surface area contributed by atoms with Crippen LogP contribution in [0.15, 0.2) is 54.9 Å². The van der Waals surface area contributed by atoms with Crippen molar-refractivity contribution in [3.05, 3.63) is 71.6 Å². The maximum absolute atomic E-state index is 4.10. The second-order valence-corrected chi connectivity index (χ2v) is 5.77. The molecule has 0 bridgehead atoms. The van der Waals surface area contributed by atoms with E-state index < -0.39 is 0 Å². The molecule has 0 radical (unpaired) electrons. The Morgan fingerprint density at radius 1 is 0.958 bits per heavy atom. The van der Waals surface area contributed by atoms with Crippen LogP contribution in [0.4, 0.5) is 0 Å². The molecule has 2 rings (SSSR count). The molecule has 0 spiro atoms. The molecule has 1 aromatic heterocycles. The van der Waals surface area contributed by atoms with Crippen molar-refractivity contribution in [2.45, 2.75) is 19.5 Å². The molecule has 1 aromatic carbocycles. The number of nitrogens with zero attached hydrogens (tertiary/aromatic N) is 1. The van der Waals surface area contributed by atoms with Gasteiger partial charge >= 0.3 is 0 Å². The van der Waals surface area contributed by atoms with Crippen molar-refractivity contribution in [1.82, 2.24) is 20.9 Å². The average Bonchev–Trinajstić information content (AvgIpc) is 2.63. The summed E-state index contributed by atoms with van der Waals surface area (Å²) >= 11 is 0. The van der Waals surface area contributed by atoms with Crippen LogP contribution in [0.2, 0.25) is 0 Å². The molecule has 4 heteroatoms. The summed E-state index contributed by atoms with van der Waals surface area (Å²) in [6.45, 7) is 4.78. The Morgan fingerprint density at radius 2 is 1.71 bits per heavy atom. The van der Waals surface area contributed by atoms with Crippen molar-refractivity contribution in [1.29, 1.82) is 0 Å². The second kappa shape index (κ2) is 11.5. The highest BCUT2D eigenvalue weighted by atomic mass is 14.9. The van der Waals surface area contributed by atoms with Gasteiger partial charge in [-0.1, -0.05) is 42.5 Å². The first-order valence-electron chi connectivity index (χ1n) is 8.59. The minimum atomic E-state index is 0.851. The lowest BCUT2D eigenvalue weighted by molar-refractivity contribution is 0.625. The summed E-state index contributed by atoms with van der Waals surface area (Å²) in [6, 6.07) is 12.8. The second-order valence-electron chi connectivity index (χ2n) is 5.77. The van der Waals surface area contributed by atoms with E-state index in [1.165, 1.54) is 11.1 Å². The fraction of sp³-hybridized carbons (Fsp3) is 0.350. The van der Waals surface area contributed by atoms with Gasteiger partial charge in [0.1, 0.15) is 0 Å². The van der Waals surface area contributed by atoms with E-state index in [9.17, 15) is 0 Å². The molecular formula is C20H28N4. The van der Waals surface area contributed by atoms with Gasteiger partial charge in [0.25, 0.3) is 0 Å². The number of benzene rings is 1. The van der Waals surface area contributed by atoms with E-state index in [2.05, 4.69) is 63.4 Å². The molecule has 0 unspecified atom stereocenters. The molecule has 3 N–H and O–H groups in total. The van der Waals surface area contributed by atoms with E-state index >= 15 is 0 Å². The maximum Gasteiger partial charge on any atom is 0.0340 e. The largest absolute Gasteiger partial charge is 0.320 e. The molecule has 0 saturated carbocycles. The Kier molecular flexibility index (Phi) is 8.79. The third-order valence-corrected chi connectivity index (χ3v) is 3.72. The van der Waals surface area contributed by atoms with E-state index in [1.54, 1.807) is 6.20 Å². The van der Waals surface area contributed by atoms with Crippen LogP contribution in [-0.4, -0.2) is 31.7 Å². The number of rotatable bonds is 11. The van der Waals surface area contributed by atoms with Crippen LogP contribution < -0.4 is 16.0 Å². The highest BCUT2D eigenvalue weighted by molar-refractivity contribution is 5.47. The quantitative estimate of drug-likeness (QED) is 0.556. The minimum absolute atomic E-state index is 0.851. The van der Waals surface area contributed by atoms with E-state index in [-0.39, 0.29) is 0 Å². The lowest BCUT2D eigenvalue weighted by Gasteiger charge is -2.07. The zero-order valence-corrected chi connectivity index (χ0v) is 14.5. The Labute approximate surface area is 145 Å². The van der Waals surface area contributed by atoms with Crippen LogP contribution in [0.3, 0.4) is 0 Å². The molecule has 0 saturated heterocycles. The summed E-state index contributed by atoms with van der Waals surface area (Å²) in [4.78, 5) is 4.10. The smallest absolute Gasteiger partial charge is 0.0340 e. The summed E-state index contributed by atoms with van der Waals surface area (Å²) in [5, 5.41) is 10.0. The lowest BCUT2D eigenvalue weighted by Crippen LogP contribution is -2.19. The molecule has 0 amide bonds. The van der Waals surface area contributed by atoms with Gasteiger partial charge in [0.05, 0.1) is 0 Å². The van der Waals surface area contributed by atoms with Gasteiger partial charge < -0.3 is 16.0 Å². The molecule has 0 aliphatic carbocycles. The van der Waals surface area contributed by atoms with Gasteiger partial charge in [-0.15, -0.1) is 0 Å². The van der Waals surface area contributed by atoms with Crippen molar-refractivity contribution >= 4 is 6.08 Å². The summed E-state index contributed by atoms with van der Waals surface area (Å²) in [5.74, 6) is 0. The normalized spacial score (nSPS) is 11.2. The first-order valence-corrected chi connectivity index (χ1v) is 8.59. The lowest BCUT2D eigenvalue weighted by atomic mass is 10.1. The third kappa shape index (κ3) is 7.51. The third-order valence-electron chi connectivity index (χ3n) is 3.72. The monoisotopic (exact) mass is 324 g/mol. The Bertz CT molecular complexity index is 578. The first-order chi connectivity index (χ1) is 11.9. The Morgan fingerprint density at radius 3 is 2.38 bits per heavy atom. The summed E-state index contributed by atoms with van der Waals surface area (Å²) < 4.78 is 0. The summed E-state index contributed by atoms with van der Waals surface area (Å²) in [5.41, 5.74) is 3.77. The van der Waals surface area contributed by atoms with Gasteiger partial charge in [-0.05, 0) is 49.3 Å². The van der Waals surface area contributed by atoms with E-state index in [0.717, 1.165) is 44.7 Å². The highest BCUT2D eigenvalue weighted by Crippen LogP contribution is 2.04. The molecular weight excluding hydrogens is 296 g/mol. The van der Waals surface area contributed by atoms with Crippen molar-refractivity contribution in [2.24, 2.45) is 0 Å². The average molecular weight is 324 g/mol. The zero-order valence-electron chi connectivity index (χ0n) is 14.5. The molecule has 0 atom stereocenters. The standard InChI is InChI=1S/C20H28N4/c1-21-11-4-14-24-17-20-9-7-19(8-10-20)16-23-13-3-6-18-5-2-12-22-15-18/h2-3,5-10,12,15,21,23-24H,4,11,13-14,16-17H2,1H3/b6-3+. The topological polar surface area (TPSA) is 49.0 Å². The van der Waals surface area contributed by atoms with Gasteiger partial charge in [-0.2, -0.15) is 0 Å². The molecule has 24 heavy (non-hydrogen) atoms. The molecule has 0 aliphatic rings. The van der Waals surface area contributed by atoms with Gasteiger partial charge in [0.2, 0.25) is 0 Å². The number of pyridine rings is 1. The highest BCUT2D eigenvalue weighted by Gasteiger charge is 1.95. The number of nitrogens with one attached hydrogen (secondary N) is 3. The van der Waals surface area contributed by atoms with Crippen LogP contribution in [-0.2, 0) is 13.1 Å². The van der Waals surface area contributed by atoms with Crippen LogP contribution >= 0.6 is 0 Å². The summed E-state index contributed by atoms with van der Waals surface area (Å²) in [7, 11) is 1.99. The van der Waals surface area contributed by atoms with Crippen molar-refractivity contribution in [3.8, 4) is 0 Å². The van der Waals surface area contributed by atoms with E-state index in [4.69, 9.17) is 0 Å². The first kappa shape index (κ1) is 18.3. The van der Waals surface area contributed by atoms with Crippen LogP contribution in [0, 0.1) is 0 Å². The van der Waals surface area contributed by atoms with Crippen LogP contribution in [0.5, 0.6) is 0 Å². The SMILES string of the molecule is CNCCCNCc1ccc(CNC/C=C/c2cccnc2)cc1. The van der Waals surface area contributed by atoms with Crippen LogP contribution in [0.1, 0.15) is 23.1 Å². The van der Waals surface area contributed by atoms with Gasteiger partial charge in [-0.3, -0.25) is 4.98 Å². The molecule has 0 aliphatic heterocycles. The van der Waals surface area contributed by atoms with Gasteiger partial charge in [0.15, 0.2) is 0 Å². The molecule has 1 heterocycles. The van der Waals surface area contributed by atoms with Crippen LogP contribution in [0.25, 0.3) is 6.08 Å². The molecule has 2 aromatic rings. The maximum atomic E-state index is 4.10. The van der Waals surface area contributed by atoms with E-state index in [1.807, 2.05) is 19.3 Å². The van der Waals surface area contributed by atoms with Crippen molar-refractivity contribution in [3.63, 3.8) is 0 Å². The molecule has 128 valence electrons. The predicted octanol–water partition coefficient (Wildman–Crippen LogP) is 2.58. The fourth-order valence-corrected chi connectivity index (χ4v) is 2.37. The van der Waals surface area contributed by atoms with Gasteiger partial charge in [0, 0.05) is 32.0 Å². The Balaban J connectivity index is 1.62. The molecule has 0 fully saturated rings. The minimum Gasteiger partial charge on any atom is -0.320 e. The van der Waals surface area contributed by atoms with E-state index in [0.29, 0.717) is 0 Å². The Hall–Kier alpha value is -2.01. The fourth-order valence-electron chi connectivity index (χ4n) is 2.37. The molecule has 4 nitrogen and oxygen atoms in total. The van der Waals surface area contributed by atoms with Crippen molar-refractivity contribution < 1.29 is 0 Å². The summed E-state index contributed by atoms with van der Waals surface area (Å²) in [6.07, 6.45) is 9.02. The number of aromatic nitrogens is 1. The van der Waals surface area contributed by atoms with Gasteiger partial charge in [-0.25, -0.2) is 0 Å². The zero-order chi connectivity index (χ0) is 16.9.